The van der Waals surface area contributed by atoms with E-state index < -0.39 is 0 Å². The molecule has 1 N–H and O–H groups in total. The number of nitrogens with zero attached hydrogens (tertiary/aromatic N) is 1. The molecule has 3 heteroatoms. The van der Waals surface area contributed by atoms with E-state index in [-0.39, 0.29) is 5.75 Å². The summed E-state index contributed by atoms with van der Waals surface area (Å²) in [6, 6.07) is 7.20. The van der Waals surface area contributed by atoms with Gasteiger partial charge in [0.15, 0.2) is 0 Å². The van der Waals surface area contributed by atoms with E-state index in [1.165, 1.54) is 0 Å². The third-order valence-electron chi connectivity index (χ3n) is 2.76. The molecule has 0 aliphatic carbocycles. The minimum absolute atomic E-state index is 0.281. The molecule has 0 aromatic heterocycles. The molecule has 0 radical (unpaired) electrons. The van der Waals surface area contributed by atoms with Gasteiger partial charge in [0, 0.05) is 22.4 Å². The maximum absolute atomic E-state index is 9.30. The number of allylic oxidation sites excluding steroid dienone is 3. The Kier molecular flexibility index (Phi) is 3.38. The summed E-state index contributed by atoms with van der Waals surface area (Å²) in [5.74, 6) is 0.281. The zero-order chi connectivity index (χ0) is 12.4. The van der Waals surface area contributed by atoms with E-state index >= 15 is 0 Å². The van der Waals surface area contributed by atoms with Gasteiger partial charge in [-0.25, -0.2) is 0 Å². The van der Waals surface area contributed by atoms with Crippen molar-refractivity contribution in [3.05, 3.63) is 58.7 Å². The number of benzene rings is 1. The lowest BCUT2D eigenvalue weighted by molar-refractivity contribution is 0.475. The van der Waals surface area contributed by atoms with Gasteiger partial charge in [-0.1, -0.05) is 6.58 Å². The second-order valence-electron chi connectivity index (χ2n) is 3.80. The number of phenols is 1. The van der Waals surface area contributed by atoms with Gasteiger partial charge < -0.3 is 10.0 Å². The number of phenolic OH excluding ortho intramolecular Hbond substituents is 1. The van der Waals surface area contributed by atoms with Gasteiger partial charge in [-0.15, -0.1) is 0 Å². The molecule has 1 aliphatic heterocycles. The lowest BCUT2D eigenvalue weighted by Gasteiger charge is -2.30. The van der Waals surface area contributed by atoms with Crippen molar-refractivity contribution in [3.8, 4) is 5.75 Å². The van der Waals surface area contributed by atoms with Gasteiger partial charge in [-0.3, -0.25) is 0 Å². The van der Waals surface area contributed by atoms with Crippen molar-refractivity contribution in [2.75, 3.05) is 6.54 Å². The molecule has 0 saturated carbocycles. The van der Waals surface area contributed by atoms with Crippen LogP contribution in [0.4, 0.5) is 0 Å². The molecule has 0 unspecified atom stereocenters. The van der Waals surface area contributed by atoms with Crippen molar-refractivity contribution in [1.82, 2.24) is 4.90 Å². The molecule has 0 atom stereocenters. The molecule has 1 aromatic carbocycles. The summed E-state index contributed by atoms with van der Waals surface area (Å²) in [4.78, 5) is 2.14. The topological polar surface area (TPSA) is 23.5 Å². The van der Waals surface area contributed by atoms with Gasteiger partial charge in [0.2, 0.25) is 0 Å². The highest BCUT2D eigenvalue weighted by Crippen LogP contribution is 2.33. The van der Waals surface area contributed by atoms with Crippen LogP contribution in [0.3, 0.4) is 0 Å². The van der Waals surface area contributed by atoms with Crippen LogP contribution in [0.5, 0.6) is 5.75 Å². The number of halogens is 1. The zero-order valence-corrected chi connectivity index (χ0v) is 11.2. The van der Waals surface area contributed by atoms with E-state index in [0.717, 1.165) is 28.0 Å². The van der Waals surface area contributed by atoms with Crippen LogP contribution >= 0.6 is 15.9 Å². The summed E-state index contributed by atoms with van der Waals surface area (Å²) in [7, 11) is 0. The third kappa shape index (κ3) is 2.29. The van der Waals surface area contributed by atoms with Crippen molar-refractivity contribution < 1.29 is 5.11 Å². The Bertz CT molecular complexity index is 499. The van der Waals surface area contributed by atoms with Gasteiger partial charge in [0.05, 0.1) is 0 Å². The monoisotopic (exact) mass is 291 g/mol. The standard InChI is InChI=1S/C14H14BrNO/c1-3-16-10(2)13(15)8-9-14(16)11-4-6-12(17)7-5-11/h4-9,17H,2-3H2,1H3. The summed E-state index contributed by atoms with van der Waals surface area (Å²) in [6.07, 6.45) is 4.05. The van der Waals surface area contributed by atoms with E-state index in [2.05, 4.69) is 40.4 Å². The van der Waals surface area contributed by atoms with E-state index in [1.807, 2.05) is 18.2 Å². The fraction of sp³-hybridized carbons (Fsp3) is 0.143. The van der Waals surface area contributed by atoms with Gasteiger partial charge in [0.1, 0.15) is 5.75 Å². The van der Waals surface area contributed by atoms with Crippen LogP contribution in [-0.4, -0.2) is 16.6 Å². The second-order valence-corrected chi connectivity index (χ2v) is 4.66. The molecule has 2 nitrogen and oxygen atoms in total. The fourth-order valence-electron chi connectivity index (χ4n) is 1.86. The summed E-state index contributed by atoms with van der Waals surface area (Å²) in [6.45, 7) is 7.01. The summed E-state index contributed by atoms with van der Waals surface area (Å²) in [5, 5.41) is 9.30. The molecule has 1 aliphatic rings. The fourth-order valence-corrected chi connectivity index (χ4v) is 2.20. The Balaban J connectivity index is 2.43. The quantitative estimate of drug-likeness (QED) is 0.894. The Hall–Kier alpha value is -1.48. The SMILES string of the molecule is C=C1C(Br)=CC=C(c2ccc(O)cc2)N1CC. The highest BCUT2D eigenvalue weighted by molar-refractivity contribution is 9.12. The van der Waals surface area contributed by atoms with Crippen LogP contribution in [0, 0.1) is 0 Å². The number of hydrogen-bond donors (Lipinski definition) is 1. The first-order valence-corrected chi connectivity index (χ1v) is 6.26. The third-order valence-corrected chi connectivity index (χ3v) is 3.48. The van der Waals surface area contributed by atoms with Gasteiger partial charge in [0.25, 0.3) is 0 Å². The van der Waals surface area contributed by atoms with Gasteiger partial charge >= 0.3 is 0 Å². The predicted octanol–water partition coefficient (Wildman–Crippen LogP) is 3.86. The van der Waals surface area contributed by atoms with Crippen LogP contribution in [0.25, 0.3) is 5.70 Å². The van der Waals surface area contributed by atoms with Crippen molar-refractivity contribution in [2.24, 2.45) is 0 Å². The second kappa shape index (κ2) is 4.80. The first-order valence-electron chi connectivity index (χ1n) is 5.47. The Labute approximate surface area is 110 Å². The average molecular weight is 292 g/mol. The molecule has 17 heavy (non-hydrogen) atoms. The zero-order valence-electron chi connectivity index (χ0n) is 9.65. The smallest absolute Gasteiger partial charge is 0.115 e. The Morgan fingerprint density at radius 3 is 2.47 bits per heavy atom. The molecular weight excluding hydrogens is 278 g/mol. The molecule has 0 bridgehead atoms. The van der Waals surface area contributed by atoms with Crippen LogP contribution in [-0.2, 0) is 0 Å². The van der Waals surface area contributed by atoms with Crippen LogP contribution in [0.1, 0.15) is 12.5 Å². The van der Waals surface area contributed by atoms with Crippen LogP contribution < -0.4 is 0 Å². The number of aromatic hydroxyl groups is 1. The summed E-state index contributed by atoms with van der Waals surface area (Å²) >= 11 is 3.48. The molecule has 88 valence electrons. The molecule has 0 amide bonds. The average Bonchev–Trinajstić information content (AvgIpc) is 2.34. The maximum atomic E-state index is 9.30. The molecule has 1 aromatic rings. The van der Waals surface area contributed by atoms with Crippen molar-refractivity contribution >= 4 is 21.6 Å². The minimum Gasteiger partial charge on any atom is -0.508 e. The molecule has 0 saturated heterocycles. The first kappa shape index (κ1) is 12.0. The first-order chi connectivity index (χ1) is 8.13. The largest absolute Gasteiger partial charge is 0.508 e. The maximum Gasteiger partial charge on any atom is 0.115 e. The van der Waals surface area contributed by atoms with Crippen molar-refractivity contribution in [1.29, 1.82) is 0 Å². The van der Waals surface area contributed by atoms with Crippen molar-refractivity contribution in [2.45, 2.75) is 6.92 Å². The summed E-state index contributed by atoms with van der Waals surface area (Å²) in [5.41, 5.74) is 3.13. The number of hydrogen-bond acceptors (Lipinski definition) is 2. The van der Waals surface area contributed by atoms with Crippen molar-refractivity contribution in [3.63, 3.8) is 0 Å². The summed E-state index contributed by atoms with van der Waals surface area (Å²) < 4.78 is 1.00. The Morgan fingerprint density at radius 2 is 1.88 bits per heavy atom. The van der Waals surface area contributed by atoms with Crippen LogP contribution in [0.2, 0.25) is 0 Å². The number of likely N-dealkylation sites (N-methyl/N-ethyl adjacent to an activating group) is 1. The van der Waals surface area contributed by atoms with Crippen LogP contribution in [0.15, 0.2) is 53.2 Å². The lowest BCUT2D eigenvalue weighted by atomic mass is 10.1. The molecule has 0 fully saturated rings. The predicted molar refractivity (Wildman–Crippen MR) is 74.6 cm³/mol. The van der Waals surface area contributed by atoms with E-state index in [0.29, 0.717) is 0 Å². The molecule has 0 spiro atoms. The van der Waals surface area contributed by atoms with Gasteiger partial charge in [-0.05, 0) is 64.8 Å². The van der Waals surface area contributed by atoms with Gasteiger partial charge in [-0.2, -0.15) is 0 Å². The molecule has 2 rings (SSSR count). The highest BCUT2D eigenvalue weighted by Gasteiger charge is 2.17. The van der Waals surface area contributed by atoms with E-state index in [4.69, 9.17) is 0 Å². The molecular formula is C14H14BrNO. The number of rotatable bonds is 2. The molecule has 1 heterocycles. The van der Waals surface area contributed by atoms with E-state index in [9.17, 15) is 5.11 Å². The normalized spacial score (nSPS) is 15.6. The lowest BCUT2D eigenvalue weighted by Crippen LogP contribution is -2.22. The van der Waals surface area contributed by atoms with E-state index in [1.54, 1.807) is 12.1 Å². The minimum atomic E-state index is 0.281. The Morgan fingerprint density at radius 1 is 1.24 bits per heavy atom. The highest BCUT2D eigenvalue weighted by atomic mass is 79.9.